The first-order chi connectivity index (χ1) is 17.9. The summed E-state index contributed by atoms with van der Waals surface area (Å²) in [5, 5.41) is 5.39. The molecule has 3 aromatic rings. The molecule has 0 aliphatic carbocycles. The Hall–Kier alpha value is -3.70. The maximum atomic E-state index is 14.2. The summed E-state index contributed by atoms with van der Waals surface area (Å²) < 4.78 is 14.2. The van der Waals surface area contributed by atoms with Gasteiger partial charge in [0.1, 0.15) is 0 Å². The Balaban J connectivity index is 1.14. The third kappa shape index (κ3) is 6.17. The predicted molar refractivity (Wildman–Crippen MR) is 140 cm³/mol. The number of halogens is 1. The average Bonchev–Trinajstić information content (AvgIpc) is 3.20. The lowest BCUT2D eigenvalue weighted by Crippen LogP contribution is -2.38. The van der Waals surface area contributed by atoms with Gasteiger partial charge >= 0.3 is 0 Å². The summed E-state index contributed by atoms with van der Waals surface area (Å²) in [5.41, 5.74) is 3.56. The van der Waals surface area contributed by atoms with Gasteiger partial charge in [-0.05, 0) is 79.9 Å². The van der Waals surface area contributed by atoms with E-state index in [4.69, 9.17) is 0 Å². The van der Waals surface area contributed by atoms with Gasteiger partial charge in [-0.15, -0.1) is 0 Å². The normalized spacial score (nSPS) is 17.5. The zero-order chi connectivity index (χ0) is 25.8. The van der Waals surface area contributed by atoms with Crippen LogP contribution in [-0.4, -0.2) is 50.7 Å². The summed E-state index contributed by atoms with van der Waals surface area (Å²) in [7, 11) is 0. The molecule has 0 aromatic carbocycles. The van der Waals surface area contributed by atoms with Gasteiger partial charge in [-0.25, -0.2) is 14.4 Å². The van der Waals surface area contributed by atoms with Crippen molar-refractivity contribution in [1.82, 2.24) is 30.6 Å². The first kappa shape index (κ1) is 25.0. The topological polar surface area (TPSA) is 113 Å². The maximum absolute atomic E-state index is 14.2. The van der Waals surface area contributed by atoms with Gasteiger partial charge < -0.3 is 10.2 Å². The number of imide groups is 1. The standard InChI is InChI=1S/C26H26FN7O2S/c1-16-10-19(31-22(11-16)20-3-6-28-15-21(20)27)14-29-13-17-4-8-34(9-5-17)25-30-7-2-18(32-25)12-23-24(35)33-26(36)37-23/h2-3,6-7,10-12,15,17,29H,4-5,8-9,13-14H2,1H3,(H,33,35,36). The van der Waals surface area contributed by atoms with Crippen LogP contribution in [0.1, 0.15) is 29.8 Å². The predicted octanol–water partition coefficient (Wildman–Crippen LogP) is 3.71. The van der Waals surface area contributed by atoms with Crippen molar-refractivity contribution in [3.05, 3.63) is 70.5 Å². The van der Waals surface area contributed by atoms with E-state index in [1.807, 2.05) is 19.1 Å². The number of thioether (sulfide) groups is 1. The molecule has 5 heterocycles. The zero-order valence-electron chi connectivity index (χ0n) is 20.3. The largest absolute Gasteiger partial charge is 0.341 e. The number of pyridine rings is 2. The van der Waals surface area contributed by atoms with E-state index < -0.39 is 5.91 Å². The van der Waals surface area contributed by atoms with Crippen molar-refractivity contribution >= 4 is 34.9 Å². The van der Waals surface area contributed by atoms with Gasteiger partial charge in [-0.2, -0.15) is 0 Å². The first-order valence-corrected chi connectivity index (χ1v) is 12.9. The molecule has 2 fully saturated rings. The van der Waals surface area contributed by atoms with Crippen LogP contribution in [0, 0.1) is 18.7 Å². The molecule has 37 heavy (non-hydrogen) atoms. The molecule has 2 aliphatic rings. The molecule has 190 valence electrons. The minimum Gasteiger partial charge on any atom is -0.341 e. The molecule has 2 amide bonds. The van der Waals surface area contributed by atoms with E-state index in [0.717, 1.165) is 55.5 Å². The molecule has 9 nitrogen and oxygen atoms in total. The number of nitrogens with zero attached hydrogens (tertiary/aromatic N) is 5. The van der Waals surface area contributed by atoms with E-state index >= 15 is 0 Å². The summed E-state index contributed by atoms with van der Waals surface area (Å²) in [6.45, 7) is 5.10. The highest BCUT2D eigenvalue weighted by Crippen LogP contribution is 2.26. The van der Waals surface area contributed by atoms with Crippen molar-refractivity contribution in [2.75, 3.05) is 24.5 Å². The molecular formula is C26H26FN7O2S. The number of aryl methyl sites for hydroxylation is 1. The fraction of sp³-hybridized carbons (Fsp3) is 0.308. The van der Waals surface area contributed by atoms with Crippen LogP contribution >= 0.6 is 11.8 Å². The fourth-order valence-electron chi connectivity index (χ4n) is 4.44. The molecule has 0 atom stereocenters. The molecule has 0 bridgehead atoms. The van der Waals surface area contributed by atoms with E-state index in [1.54, 1.807) is 30.6 Å². The Morgan fingerprint density at radius 2 is 2.03 bits per heavy atom. The zero-order valence-corrected chi connectivity index (χ0v) is 21.1. The van der Waals surface area contributed by atoms with Gasteiger partial charge in [0.15, 0.2) is 5.82 Å². The maximum Gasteiger partial charge on any atom is 0.290 e. The highest BCUT2D eigenvalue weighted by atomic mass is 32.2. The lowest BCUT2D eigenvalue weighted by Gasteiger charge is -2.32. The minimum atomic E-state index is -0.398. The summed E-state index contributed by atoms with van der Waals surface area (Å²) in [5.74, 6) is 0.351. The number of nitrogens with one attached hydrogen (secondary N) is 2. The SMILES string of the molecule is Cc1cc(CNCC2CCN(c3nccc(C=C4SC(=O)NC4=O)n3)CC2)nc(-c2ccncc2F)c1. The number of rotatable bonds is 7. The quantitative estimate of drug-likeness (QED) is 0.451. The van der Waals surface area contributed by atoms with Gasteiger partial charge in [0.25, 0.3) is 11.1 Å². The number of carbonyl (C=O) groups excluding carboxylic acids is 2. The van der Waals surface area contributed by atoms with E-state index in [1.165, 1.54) is 6.20 Å². The minimum absolute atomic E-state index is 0.334. The second-order valence-corrected chi connectivity index (χ2v) is 10.1. The summed E-state index contributed by atoms with van der Waals surface area (Å²) >= 11 is 0.874. The third-order valence-corrected chi connectivity index (χ3v) is 7.10. The smallest absolute Gasteiger partial charge is 0.290 e. The molecular weight excluding hydrogens is 493 g/mol. The number of carbonyl (C=O) groups is 2. The lowest BCUT2D eigenvalue weighted by atomic mass is 9.97. The monoisotopic (exact) mass is 519 g/mol. The van der Waals surface area contributed by atoms with Crippen molar-refractivity contribution in [2.24, 2.45) is 5.92 Å². The van der Waals surface area contributed by atoms with Crippen LogP contribution in [-0.2, 0) is 11.3 Å². The van der Waals surface area contributed by atoms with E-state index in [9.17, 15) is 14.0 Å². The highest BCUT2D eigenvalue weighted by molar-refractivity contribution is 8.18. The average molecular weight is 520 g/mol. The summed E-state index contributed by atoms with van der Waals surface area (Å²) in [6.07, 6.45) is 8.04. The lowest BCUT2D eigenvalue weighted by molar-refractivity contribution is -0.115. The van der Waals surface area contributed by atoms with E-state index in [0.29, 0.717) is 40.3 Å². The van der Waals surface area contributed by atoms with Crippen LogP contribution in [0.25, 0.3) is 17.3 Å². The van der Waals surface area contributed by atoms with Crippen LogP contribution in [0.4, 0.5) is 15.1 Å². The summed E-state index contributed by atoms with van der Waals surface area (Å²) in [4.78, 5) is 43.1. The Kier molecular flexibility index (Phi) is 7.52. The molecule has 2 aliphatic heterocycles. The van der Waals surface area contributed by atoms with Gasteiger partial charge in [0, 0.05) is 37.6 Å². The Morgan fingerprint density at radius 1 is 1.19 bits per heavy atom. The van der Waals surface area contributed by atoms with Crippen molar-refractivity contribution in [2.45, 2.75) is 26.3 Å². The van der Waals surface area contributed by atoms with Crippen molar-refractivity contribution < 1.29 is 14.0 Å². The molecule has 0 spiro atoms. The van der Waals surface area contributed by atoms with Gasteiger partial charge in [0.05, 0.1) is 28.2 Å². The molecule has 3 aromatic heterocycles. The van der Waals surface area contributed by atoms with E-state index in [-0.39, 0.29) is 11.1 Å². The summed E-state index contributed by atoms with van der Waals surface area (Å²) in [6, 6.07) is 7.26. The Labute approximate surface area is 218 Å². The molecule has 2 N–H and O–H groups in total. The molecule has 0 radical (unpaired) electrons. The van der Waals surface area contributed by atoms with Crippen LogP contribution in [0.15, 0.2) is 47.8 Å². The van der Waals surface area contributed by atoms with Gasteiger partial charge in [0.2, 0.25) is 5.95 Å². The fourth-order valence-corrected chi connectivity index (χ4v) is 5.11. The van der Waals surface area contributed by atoms with Crippen LogP contribution in [0.2, 0.25) is 0 Å². The molecule has 5 rings (SSSR count). The Bertz CT molecular complexity index is 1360. The number of aromatic nitrogens is 4. The van der Waals surface area contributed by atoms with Crippen molar-refractivity contribution in [3.63, 3.8) is 0 Å². The second kappa shape index (κ2) is 11.1. The van der Waals surface area contributed by atoms with Gasteiger partial charge in [-0.1, -0.05) is 0 Å². The number of amides is 2. The van der Waals surface area contributed by atoms with Crippen molar-refractivity contribution in [1.29, 1.82) is 0 Å². The molecule has 0 saturated carbocycles. The highest BCUT2D eigenvalue weighted by Gasteiger charge is 2.26. The van der Waals surface area contributed by atoms with Crippen LogP contribution < -0.4 is 15.5 Å². The molecule has 2 saturated heterocycles. The van der Waals surface area contributed by atoms with Gasteiger partial charge in [-0.3, -0.25) is 24.9 Å². The third-order valence-electron chi connectivity index (χ3n) is 6.29. The van der Waals surface area contributed by atoms with Crippen LogP contribution in [0.5, 0.6) is 0 Å². The number of piperidine rings is 1. The second-order valence-electron chi connectivity index (χ2n) is 9.07. The molecule has 0 unspecified atom stereocenters. The number of hydrogen-bond donors (Lipinski definition) is 2. The van der Waals surface area contributed by atoms with Crippen LogP contribution in [0.3, 0.4) is 0 Å². The molecule has 11 heteroatoms. The number of hydrogen-bond acceptors (Lipinski definition) is 9. The van der Waals surface area contributed by atoms with E-state index in [2.05, 4.69) is 35.5 Å². The number of anilines is 1. The first-order valence-electron chi connectivity index (χ1n) is 12.1. The van der Waals surface area contributed by atoms with Crippen molar-refractivity contribution in [3.8, 4) is 11.3 Å². The Morgan fingerprint density at radius 3 is 2.78 bits per heavy atom.